The topological polar surface area (TPSA) is 38.1 Å². The van der Waals surface area contributed by atoms with Gasteiger partial charge in [0, 0.05) is 31.4 Å². The molecule has 0 saturated carbocycles. The zero-order valence-electron chi connectivity index (χ0n) is 16.2. The number of benzene rings is 2. The molecule has 1 aliphatic rings. The molecule has 3 aromatic rings. The SMILES string of the molecule is O=c1c(CCc2ccccc2)ccnn1C1CCN(Cc2ccccc2)CC1. The Hall–Kier alpha value is -2.72. The Morgan fingerprint density at radius 3 is 2.14 bits per heavy atom. The Labute approximate surface area is 166 Å². The summed E-state index contributed by atoms with van der Waals surface area (Å²) in [5.41, 5.74) is 3.56. The van der Waals surface area contributed by atoms with Gasteiger partial charge in [-0.3, -0.25) is 9.69 Å². The van der Waals surface area contributed by atoms with E-state index < -0.39 is 0 Å². The second kappa shape index (κ2) is 8.98. The first-order chi connectivity index (χ1) is 13.8. The summed E-state index contributed by atoms with van der Waals surface area (Å²) in [5, 5.41) is 4.41. The molecule has 2 aromatic carbocycles. The summed E-state index contributed by atoms with van der Waals surface area (Å²) in [7, 11) is 0. The van der Waals surface area contributed by atoms with Gasteiger partial charge in [0.1, 0.15) is 0 Å². The Balaban J connectivity index is 1.38. The highest BCUT2D eigenvalue weighted by molar-refractivity contribution is 5.18. The van der Waals surface area contributed by atoms with Crippen LogP contribution in [-0.4, -0.2) is 27.8 Å². The van der Waals surface area contributed by atoms with Crippen LogP contribution in [0.4, 0.5) is 0 Å². The van der Waals surface area contributed by atoms with Crippen LogP contribution >= 0.6 is 0 Å². The lowest BCUT2D eigenvalue weighted by Gasteiger charge is -2.32. The lowest BCUT2D eigenvalue weighted by atomic mass is 10.0. The molecule has 1 aromatic heterocycles. The zero-order valence-corrected chi connectivity index (χ0v) is 16.2. The second-order valence-corrected chi connectivity index (χ2v) is 7.58. The first-order valence-electron chi connectivity index (χ1n) is 10.2. The van der Waals surface area contributed by atoms with Gasteiger partial charge in [-0.1, -0.05) is 60.7 Å². The molecule has 4 nitrogen and oxygen atoms in total. The quantitative estimate of drug-likeness (QED) is 0.658. The number of piperidine rings is 1. The van der Waals surface area contributed by atoms with Gasteiger partial charge in [0.15, 0.2) is 0 Å². The van der Waals surface area contributed by atoms with E-state index in [9.17, 15) is 4.79 Å². The highest BCUT2D eigenvalue weighted by atomic mass is 16.1. The van der Waals surface area contributed by atoms with E-state index in [1.807, 2.05) is 24.3 Å². The summed E-state index contributed by atoms with van der Waals surface area (Å²) in [6.07, 6.45) is 5.38. The predicted octanol–water partition coefficient (Wildman–Crippen LogP) is 3.87. The maximum atomic E-state index is 12.9. The number of aryl methyl sites for hydroxylation is 2. The number of nitrogens with zero attached hydrogens (tertiary/aromatic N) is 3. The van der Waals surface area contributed by atoms with Crippen LogP contribution in [0.2, 0.25) is 0 Å². The van der Waals surface area contributed by atoms with Crippen LogP contribution in [0.1, 0.15) is 35.6 Å². The van der Waals surface area contributed by atoms with Crippen molar-refractivity contribution >= 4 is 0 Å². The molecule has 0 radical (unpaired) electrons. The fourth-order valence-electron chi connectivity index (χ4n) is 4.00. The van der Waals surface area contributed by atoms with Crippen LogP contribution in [0.15, 0.2) is 77.7 Å². The van der Waals surface area contributed by atoms with E-state index in [0.29, 0.717) is 0 Å². The van der Waals surface area contributed by atoms with E-state index >= 15 is 0 Å². The van der Waals surface area contributed by atoms with Crippen molar-refractivity contribution in [2.24, 2.45) is 0 Å². The van der Waals surface area contributed by atoms with Crippen molar-refractivity contribution in [3.63, 3.8) is 0 Å². The van der Waals surface area contributed by atoms with E-state index in [1.54, 1.807) is 10.9 Å². The molecule has 0 aliphatic carbocycles. The Morgan fingerprint density at radius 1 is 0.821 bits per heavy atom. The second-order valence-electron chi connectivity index (χ2n) is 7.58. The minimum atomic E-state index is 0.0833. The number of aromatic nitrogens is 2. The molecule has 0 N–H and O–H groups in total. The predicted molar refractivity (Wildman–Crippen MR) is 112 cm³/mol. The molecule has 144 valence electrons. The van der Waals surface area contributed by atoms with Crippen LogP contribution in [0, 0.1) is 0 Å². The highest BCUT2D eigenvalue weighted by Crippen LogP contribution is 2.21. The Morgan fingerprint density at radius 2 is 1.46 bits per heavy atom. The van der Waals surface area contributed by atoms with Gasteiger partial charge in [-0.05, 0) is 42.9 Å². The Kier molecular flexibility index (Phi) is 5.98. The fourth-order valence-corrected chi connectivity index (χ4v) is 4.00. The number of likely N-dealkylation sites (tertiary alicyclic amines) is 1. The molecular formula is C24H27N3O. The molecular weight excluding hydrogens is 346 g/mol. The van der Waals surface area contributed by atoms with Gasteiger partial charge in [-0.25, -0.2) is 4.68 Å². The maximum Gasteiger partial charge on any atom is 0.270 e. The number of rotatable bonds is 6. The molecule has 2 heterocycles. The van der Waals surface area contributed by atoms with E-state index in [-0.39, 0.29) is 11.6 Å². The van der Waals surface area contributed by atoms with Gasteiger partial charge in [0.05, 0.1) is 6.04 Å². The molecule has 28 heavy (non-hydrogen) atoms. The van der Waals surface area contributed by atoms with Crippen molar-refractivity contribution < 1.29 is 0 Å². The highest BCUT2D eigenvalue weighted by Gasteiger charge is 2.22. The summed E-state index contributed by atoms with van der Waals surface area (Å²) in [4.78, 5) is 15.4. The van der Waals surface area contributed by atoms with Gasteiger partial charge >= 0.3 is 0 Å². The van der Waals surface area contributed by atoms with Crippen LogP contribution in [0.3, 0.4) is 0 Å². The molecule has 0 bridgehead atoms. The van der Waals surface area contributed by atoms with Gasteiger partial charge in [0.2, 0.25) is 0 Å². The lowest BCUT2D eigenvalue weighted by Crippen LogP contribution is -2.38. The van der Waals surface area contributed by atoms with Crippen molar-refractivity contribution in [3.05, 3.63) is 100.0 Å². The molecule has 1 aliphatic heterocycles. The van der Waals surface area contributed by atoms with E-state index in [1.165, 1.54) is 11.1 Å². The third-order valence-corrected chi connectivity index (χ3v) is 5.63. The maximum absolute atomic E-state index is 12.9. The molecule has 0 spiro atoms. The molecule has 1 fully saturated rings. The standard InChI is InChI=1S/C24H27N3O/c28-24-22(12-11-20-7-3-1-4-8-20)13-16-25-27(24)23-14-17-26(18-15-23)19-21-9-5-2-6-10-21/h1-10,13,16,23H,11-12,14-15,17-19H2. The summed E-state index contributed by atoms with van der Waals surface area (Å²) < 4.78 is 1.74. The first-order valence-corrected chi connectivity index (χ1v) is 10.2. The van der Waals surface area contributed by atoms with E-state index in [0.717, 1.165) is 50.9 Å². The van der Waals surface area contributed by atoms with Crippen LogP contribution in [0.5, 0.6) is 0 Å². The molecule has 4 rings (SSSR count). The average Bonchev–Trinajstić information content (AvgIpc) is 2.75. The monoisotopic (exact) mass is 373 g/mol. The van der Waals surface area contributed by atoms with Crippen LogP contribution < -0.4 is 5.56 Å². The van der Waals surface area contributed by atoms with Gasteiger partial charge in [-0.15, -0.1) is 0 Å². The lowest BCUT2D eigenvalue weighted by molar-refractivity contribution is 0.170. The third kappa shape index (κ3) is 4.57. The summed E-state index contributed by atoms with van der Waals surface area (Å²) in [5.74, 6) is 0. The summed E-state index contributed by atoms with van der Waals surface area (Å²) in [6, 6.07) is 23.0. The fraction of sp³-hybridized carbons (Fsp3) is 0.333. The average molecular weight is 374 g/mol. The minimum Gasteiger partial charge on any atom is -0.299 e. The molecule has 4 heteroatoms. The van der Waals surface area contributed by atoms with Crippen molar-refractivity contribution in [2.75, 3.05) is 13.1 Å². The molecule has 0 amide bonds. The first kappa shape index (κ1) is 18.6. The van der Waals surface area contributed by atoms with Gasteiger partial charge < -0.3 is 0 Å². The Bertz CT molecular complexity index is 929. The normalized spacial score (nSPS) is 15.6. The smallest absolute Gasteiger partial charge is 0.270 e. The number of hydrogen-bond acceptors (Lipinski definition) is 3. The molecule has 1 saturated heterocycles. The minimum absolute atomic E-state index is 0.0833. The molecule has 0 atom stereocenters. The number of hydrogen-bond donors (Lipinski definition) is 0. The van der Waals surface area contributed by atoms with Crippen LogP contribution in [0.25, 0.3) is 0 Å². The van der Waals surface area contributed by atoms with Crippen molar-refractivity contribution in [1.29, 1.82) is 0 Å². The van der Waals surface area contributed by atoms with Crippen LogP contribution in [-0.2, 0) is 19.4 Å². The largest absolute Gasteiger partial charge is 0.299 e. The summed E-state index contributed by atoms with van der Waals surface area (Å²) in [6.45, 7) is 2.98. The van der Waals surface area contributed by atoms with Crippen molar-refractivity contribution in [1.82, 2.24) is 14.7 Å². The van der Waals surface area contributed by atoms with E-state index in [2.05, 4.69) is 52.5 Å². The molecule has 0 unspecified atom stereocenters. The zero-order chi connectivity index (χ0) is 19.2. The van der Waals surface area contributed by atoms with E-state index in [4.69, 9.17) is 0 Å². The van der Waals surface area contributed by atoms with Gasteiger partial charge in [-0.2, -0.15) is 5.10 Å². The van der Waals surface area contributed by atoms with Gasteiger partial charge in [0.25, 0.3) is 5.56 Å². The van der Waals surface area contributed by atoms with Crippen molar-refractivity contribution in [3.8, 4) is 0 Å². The summed E-state index contributed by atoms with van der Waals surface area (Å²) >= 11 is 0. The van der Waals surface area contributed by atoms with Crippen molar-refractivity contribution in [2.45, 2.75) is 38.3 Å². The third-order valence-electron chi connectivity index (χ3n) is 5.63.